The van der Waals surface area contributed by atoms with Crippen LogP contribution in [0.3, 0.4) is 0 Å². The molecule has 0 aromatic heterocycles. The molecular formula is C11H11BrN2O4. The van der Waals surface area contributed by atoms with Gasteiger partial charge in [0.25, 0.3) is 5.69 Å². The zero-order chi connectivity index (χ0) is 13.3. The minimum absolute atomic E-state index is 0.0792. The van der Waals surface area contributed by atoms with Crippen LogP contribution in [0.1, 0.15) is 12.0 Å². The molecule has 96 valence electrons. The predicted molar refractivity (Wildman–Crippen MR) is 68.9 cm³/mol. The van der Waals surface area contributed by atoms with Crippen molar-refractivity contribution in [2.75, 3.05) is 18.6 Å². The second-order valence-electron chi connectivity index (χ2n) is 3.91. The fraction of sp³-hybridized carbons (Fsp3) is 0.364. The Morgan fingerprint density at radius 2 is 2.28 bits per heavy atom. The number of amides is 1. The van der Waals surface area contributed by atoms with Gasteiger partial charge in [0.05, 0.1) is 12.0 Å². The topological polar surface area (TPSA) is 72.7 Å². The smallest absolute Gasteiger partial charge is 0.414 e. The van der Waals surface area contributed by atoms with Gasteiger partial charge in [-0.05, 0) is 24.5 Å². The number of nitro groups is 1. The highest BCUT2D eigenvalue weighted by atomic mass is 79.9. The Kier molecular flexibility index (Phi) is 3.51. The molecule has 0 radical (unpaired) electrons. The van der Waals surface area contributed by atoms with E-state index in [0.29, 0.717) is 23.1 Å². The number of halogens is 1. The van der Waals surface area contributed by atoms with Crippen LogP contribution in [0, 0.1) is 10.1 Å². The minimum atomic E-state index is -0.568. The van der Waals surface area contributed by atoms with Gasteiger partial charge in [0.15, 0.2) is 0 Å². The molecule has 1 aliphatic heterocycles. The zero-order valence-corrected chi connectivity index (χ0v) is 11.3. The van der Waals surface area contributed by atoms with Crippen LogP contribution in [0.15, 0.2) is 16.6 Å². The fourth-order valence-electron chi connectivity index (χ4n) is 2.11. The van der Waals surface area contributed by atoms with Crippen LogP contribution in [-0.2, 0) is 11.2 Å². The lowest BCUT2D eigenvalue weighted by Gasteiger charge is -2.27. The van der Waals surface area contributed by atoms with Crippen molar-refractivity contribution in [3.05, 3.63) is 32.3 Å². The third-order valence-electron chi connectivity index (χ3n) is 2.82. The molecule has 18 heavy (non-hydrogen) atoms. The zero-order valence-electron chi connectivity index (χ0n) is 9.68. The first-order valence-electron chi connectivity index (χ1n) is 5.37. The van der Waals surface area contributed by atoms with Crippen LogP contribution in [0.25, 0.3) is 0 Å². The second kappa shape index (κ2) is 4.93. The van der Waals surface area contributed by atoms with Crippen LogP contribution in [-0.4, -0.2) is 24.7 Å². The van der Waals surface area contributed by atoms with Gasteiger partial charge in [0, 0.05) is 17.1 Å². The fourth-order valence-corrected chi connectivity index (χ4v) is 2.61. The van der Waals surface area contributed by atoms with Crippen LogP contribution in [0.4, 0.5) is 16.2 Å². The first kappa shape index (κ1) is 12.8. The van der Waals surface area contributed by atoms with Crippen molar-refractivity contribution in [1.82, 2.24) is 0 Å². The van der Waals surface area contributed by atoms with E-state index in [4.69, 9.17) is 0 Å². The highest BCUT2D eigenvalue weighted by molar-refractivity contribution is 9.10. The SMILES string of the molecule is COC(=O)N1CCCc2cc(Br)cc([N+](=O)[O-])c21. The van der Waals surface area contributed by atoms with E-state index in [-0.39, 0.29) is 5.69 Å². The first-order chi connectivity index (χ1) is 8.54. The average Bonchev–Trinajstić information content (AvgIpc) is 2.35. The lowest BCUT2D eigenvalue weighted by molar-refractivity contribution is -0.384. The van der Waals surface area contributed by atoms with Crippen LogP contribution < -0.4 is 4.90 Å². The van der Waals surface area contributed by atoms with Gasteiger partial charge < -0.3 is 4.74 Å². The van der Waals surface area contributed by atoms with Crippen LogP contribution in [0.2, 0.25) is 0 Å². The summed E-state index contributed by atoms with van der Waals surface area (Å²) in [7, 11) is 1.27. The number of hydrogen-bond donors (Lipinski definition) is 0. The Morgan fingerprint density at radius 1 is 1.56 bits per heavy atom. The molecule has 0 fully saturated rings. The number of carbonyl (C=O) groups excluding carboxylic acids is 1. The number of carbonyl (C=O) groups is 1. The molecule has 0 aliphatic carbocycles. The van der Waals surface area contributed by atoms with Crippen molar-refractivity contribution in [2.45, 2.75) is 12.8 Å². The summed E-state index contributed by atoms with van der Waals surface area (Å²) >= 11 is 3.24. The highest BCUT2D eigenvalue weighted by Crippen LogP contribution is 2.38. The minimum Gasteiger partial charge on any atom is -0.452 e. The Hall–Kier alpha value is -1.63. The largest absolute Gasteiger partial charge is 0.452 e. The number of ether oxygens (including phenoxy) is 1. The van der Waals surface area contributed by atoms with Gasteiger partial charge in [-0.3, -0.25) is 15.0 Å². The standard InChI is InChI=1S/C11H11BrN2O4/c1-18-11(15)13-4-2-3-7-5-8(12)6-9(10(7)13)14(16)17/h5-6H,2-4H2,1H3. The van der Waals surface area contributed by atoms with Crippen molar-refractivity contribution < 1.29 is 14.5 Å². The molecule has 1 amide bonds. The maximum absolute atomic E-state index is 11.7. The number of aryl methyl sites for hydroxylation is 1. The normalized spacial score (nSPS) is 14.0. The summed E-state index contributed by atoms with van der Waals surface area (Å²) in [5.41, 5.74) is 1.05. The van der Waals surface area contributed by atoms with E-state index in [0.717, 1.165) is 12.0 Å². The number of nitrogens with zero attached hydrogens (tertiary/aromatic N) is 2. The number of methoxy groups -OCH3 is 1. The molecule has 1 aromatic carbocycles. The van der Waals surface area contributed by atoms with Gasteiger partial charge in [0.2, 0.25) is 0 Å². The van der Waals surface area contributed by atoms with Crippen LogP contribution >= 0.6 is 15.9 Å². The highest BCUT2D eigenvalue weighted by Gasteiger charge is 2.31. The molecule has 0 saturated heterocycles. The van der Waals surface area contributed by atoms with E-state index in [1.165, 1.54) is 18.1 Å². The quantitative estimate of drug-likeness (QED) is 0.590. The van der Waals surface area contributed by atoms with Gasteiger partial charge in [0.1, 0.15) is 5.69 Å². The molecule has 0 spiro atoms. The van der Waals surface area contributed by atoms with E-state index in [2.05, 4.69) is 20.7 Å². The summed E-state index contributed by atoms with van der Waals surface area (Å²) in [6.45, 7) is 0.433. The first-order valence-corrected chi connectivity index (χ1v) is 6.16. The lowest BCUT2D eigenvalue weighted by Crippen LogP contribution is -2.35. The van der Waals surface area contributed by atoms with Gasteiger partial charge in [-0.2, -0.15) is 0 Å². The number of anilines is 1. The van der Waals surface area contributed by atoms with Crippen molar-refractivity contribution in [1.29, 1.82) is 0 Å². The van der Waals surface area contributed by atoms with Crippen molar-refractivity contribution in [3.8, 4) is 0 Å². The predicted octanol–water partition coefficient (Wildman–Crippen LogP) is 2.88. The Labute approximate surface area is 112 Å². The maximum Gasteiger partial charge on any atom is 0.414 e. The van der Waals surface area contributed by atoms with E-state index in [1.807, 2.05) is 0 Å². The Morgan fingerprint density at radius 3 is 2.89 bits per heavy atom. The van der Waals surface area contributed by atoms with E-state index >= 15 is 0 Å². The molecule has 0 bridgehead atoms. The summed E-state index contributed by atoms with van der Waals surface area (Å²) in [4.78, 5) is 23.6. The number of fused-ring (bicyclic) bond motifs is 1. The molecule has 0 N–H and O–H groups in total. The molecule has 0 unspecified atom stereocenters. The van der Waals surface area contributed by atoms with Gasteiger partial charge in [-0.25, -0.2) is 4.79 Å². The number of benzene rings is 1. The molecule has 2 rings (SSSR count). The Bertz CT molecular complexity index is 518. The van der Waals surface area contributed by atoms with E-state index in [9.17, 15) is 14.9 Å². The van der Waals surface area contributed by atoms with Crippen LogP contribution in [0.5, 0.6) is 0 Å². The number of nitro benzene ring substituents is 1. The summed E-state index contributed by atoms with van der Waals surface area (Å²) < 4.78 is 5.30. The maximum atomic E-state index is 11.7. The molecule has 0 atom stereocenters. The molecule has 6 nitrogen and oxygen atoms in total. The summed E-state index contributed by atoms with van der Waals surface area (Å²) in [5.74, 6) is 0. The third kappa shape index (κ3) is 2.17. The monoisotopic (exact) mass is 314 g/mol. The van der Waals surface area contributed by atoms with Gasteiger partial charge in [-0.1, -0.05) is 15.9 Å². The average molecular weight is 315 g/mol. The molecule has 1 heterocycles. The molecular weight excluding hydrogens is 304 g/mol. The second-order valence-corrected chi connectivity index (χ2v) is 4.83. The number of rotatable bonds is 1. The van der Waals surface area contributed by atoms with Gasteiger partial charge >= 0.3 is 6.09 Å². The van der Waals surface area contributed by atoms with Crippen molar-refractivity contribution in [2.24, 2.45) is 0 Å². The van der Waals surface area contributed by atoms with Gasteiger partial charge in [-0.15, -0.1) is 0 Å². The molecule has 1 aromatic rings. The molecule has 0 saturated carbocycles. The third-order valence-corrected chi connectivity index (χ3v) is 3.28. The summed E-state index contributed by atoms with van der Waals surface area (Å²) in [5, 5.41) is 11.1. The van der Waals surface area contributed by atoms with E-state index < -0.39 is 11.0 Å². The Balaban J connectivity index is 2.60. The summed E-state index contributed by atoms with van der Waals surface area (Å²) in [6, 6.07) is 3.21. The summed E-state index contributed by atoms with van der Waals surface area (Å²) in [6.07, 6.45) is 0.903. The van der Waals surface area contributed by atoms with Crippen molar-refractivity contribution in [3.63, 3.8) is 0 Å². The lowest BCUT2D eigenvalue weighted by atomic mass is 10.0. The van der Waals surface area contributed by atoms with E-state index in [1.54, 1.807) is 6.07 Å². The molecule has 7 heteroatoms. The number of hydrogen-bond acceptors (Lipinski definition) is 4. The van der Waals surface area contributed by atoms with Crippen molar-refractivity contribution >= 4 is 33.4 Å². The molecule has 1 aliphatic rings.